The Morgan fingerprint density at radius 1 is 0.667 bits per heavy atom. The Labute approximate surface area is 178 Å². The van der Waals surface area contributed by atoms with Crippen LogP contribution in [0.1, 0.15) is 25.5 Å². The Morgan fingerprint density at radius 3 is 1.47 bits per heavy atom. The number of aryl methyl sites for hydroxylation is 2. The number of hydrogen-bond acceptors (Lipinski definition) is 4. The van der Waals surface area contributed by atoms with E-state index in [1.807, 2.05) is 0 Å². The molecule has 30 heavy (non-hydrogen) atoms. The van der Waals surface area contributed by atoms with Crippen LogP contribution in [0.2, 0.25) is 0 Å². The van der Waals surface area contributed by atoms with Crippen molar-refractivity contribution in [2.24, 2.45) is 0 Å². The summed E-state index contributed by atoms with van der Waals surface area (Å²) in [6.45, 7) is 9.92. The first-order valence-corrected chi connectivity index (χ1v) is 10.9. The molecule has 4 aromatic rings. The predicted octanol–water partition coefficient (Wildman–Crippen LogP) is 3.99. The van der Waals surface area contributed by atoms with E-state index in [1.165, 1.54) is 11.0 Å². The number of aromatic nitrogens is 4. The number of benzene rings is 2. The average Bonchev–Trinajstić information content (AvgIpc) is 3.28. The van der Waals surface area contributed by atoms with E-state index in [1.54, 1.807) is 0 Å². The largest absolute Gasteiger partial charge is 0.327 e. The van der Waals surface area contributed by atoms with Gasteiger partial charge in [-0.1, -0.05) is 24.3 Å². The van der Waals surface area contributed by atoms with Crippen LogP contribution < -0.4 is 0 Å². The first-order chi connectivity index (χ1) is 14.6. The Balaban J connectivity index is 1.38. The third-order valence-corrected chi connectivity index (χ3v) is 5.79. The average molecular weight is 405 g/mol. The molecule has 158 valence electrons. The number of fused-ring (bicyclic) bond motifs is 2. The molecule has 0 aliphatic heterocycles. The Morgan fingerprint density at radius 2 is 1.07 bits per heavy atom. The summed E-state index contributed by atoms with van der Waals surface area (Å²) in [4.78, 5) is 14.4. The van der Waals surface area contributed by atoms with E-state index in [4.69, 9.17) is 9.97 Å². The molecule has 0 atom stereocenters. The van der Waals surface area contributed by atoms with E-state index < -0.39 is 0 Å². The standard InChI is InChI=1S/C24H32N6/c1-5-29-21-13-9-7-11-19(21)25-23(29)17-27(3)15-16-28(4)18-24-26-20-12-8-10-14-22(20)30(24)6-2/h7-14H,5-6,15-18H2,1-4H3. The highest BCUT2D eigenvalue weighted by atomic mass is 15.2. The van der Waals surface area contributed by atoms with Gasteiger partial charge in [0.2, 0.25) is 0 Å². The van der Waals surface area contributed by atoms with E-state index in [2.05, 4.69) is 95.4 Å². The zero-order valence-corrected chi connectivity index (χ0v) is 18.5. The third kappa shape index (κ3) is 4.11. The van der Waals surface area contributed by atoms with Crippen LogP contribution in [0.5, 0.6) is 0 Å². The van der Waals surface area contributed by atoms with Crippen LogP contribution in [-0.2, 0) is 26.2 Å². The van der Waals surface area contributed by atoms with Gasteiger partial charge in [-0.2, -0.15) is 0 Å². The molecule has 0 bridgehead atoms. The zero-order chi connectivity index (χ0) is 21.1. The molecule has 6 heteroatoms. The van der Waals surface area contributed by atoms with Crippen molar-refractivity contribution < 1.29 is 0 Å². The maximum Gasteiger partial charge on any atom is 0.124 e. The Kier molecular flexibility index (Phi) is 6.16. The molecule has 0 saturated carbocycles. The first kappa shape index (κ1) is 20.6. The molecule has 0 N–H and O–H groups in total. The van der Waals surface area contributed by atoms with Crippen LogP contribution >= 0.6 is 0 Å². The summed E-state index contributed by atoms with van der Waals surface area (Å²) in [6, 6.07) is 16.8. The Bertz CT molecular complexity index is 1040. The number of likely N-dealkylation sites (N-methyl/N-ethyl adjacent to an activating group) is 2. The van der Waals surface area contributed by atoms with Gasteiger partial charge in [0.05, 0.1) is 35.2 Å². The first-order valence-electron chi connectivity index (χ1n) is 10.9. The molecule has 2 aromatic heterocycles. The lowest BCUT2D eigenvalue weighted by Crippen LogP contribution is -2.31. The molecule has 6 nitrogen and oxygen atoms in total. The van der Waals surface area contributed by atoms with Crippen LogP contribution in [0.15, 0.2) is 48.5 Å². The number of hydrogen-bond donors (Lipinski definition) is 0. The van der Waals surface area contributed by atoms with Crippen LogP contribution in [-0.4, -0.2) is 56.1 Å². The molecule has 0 spiro atoms. The van der Waals surface area contributed by atoms with E-state index in [0.717, 1.165) is 62.0 Å². The van der Waals surface area contributed by atoms with Crippen LogP contribution in [0, 0.1) is 0 Å². The second-order valence-electron chi connectivity index (χ2n) is 8.00. The smallest absolute Gasteiger partial charge is 0.124 e. The molecular formula is C24H32N6. The maximum atomic E-state index is 4.86. The van der Waals surface area contributed by atoms with Crippen LogP contribution in [0.3, 0.4) is 0 Å². The minimum atomic E-state index is 0.851. The minimum absolute atomic E-state index is 0.851. The maximum absolute atomic E-state index is 4.86. The van der Waals surface area contributed by atoms with Gasteiger partial charge in [-0.25, -0.2) is 9.97 Å². The lowest BCUT2D eigenvalue weighted by molar-refractivity contribution is 0.237. The fourth-order valence-corrected chi connectivity index (χ4v) is 4.18. The minimum Gasteiger partial charge on any atom is -0.327 e. The highest BCUT2D eigenvalue weighted by molar-refractivity contribution is 5.76. The van der Waals surface area contributed by atoms with Gasteiger partial charge < -0.3 is 9.13 Å². The quantitative estimate of drug-likeness (QED) is 0.423. The van der Waals surface area contributed by atoms with Crippen LogP contribution in [0.25, 0.3) is 22.1 Å². The SMILES string of the molecule is CCn1c(CN(C)CCN(C)Cc2nc3ccccc3n2CC)nc2ccccc21. The van der Waals surface area contributed by atoms with Crippen molar-refractivity contribution in [3.05, 3.63) is 60.2 Å². The van der Waals surface area contributed by atoms with Gasteiger partial charge in [-0.15, -0.1) is 0 Å². The Hall–Kier alpha value is -2.70. The highest BCUT2D eigenvalue weighted by Gasteiger charge is 2.14. The molecule has 0 unspecified atom stereocenters. The van der Waals surface area contributed by atoms with Crippen molar-refractivity contribution >= 4 is 22.1 Å². The molecule has 0 fully saturated rings. The summed E-state index contributed by atoms with van der Waals surface area (Å²) in [5.41, 5.74) is 4.61. The van der Waals surface area contributed by atoms with Gasteiger partial charge in [-0.3, -0.25) is 9.80 Å². The lowest BCUT2D eigenvalue weighted by Gasteiger charge is -2.22. The van der Waals surface area contributed by atoms with E-state index >= 15 is 0 Å². The van der Waals surface area contributed by atoms with E-state index in [0.29, 0.717) is 0 Å². The molecular weight excluding hydrogens is 372 g/mol. The zero-order valence-electron chi connectivity index (χ0n) is 18.5. The number of imidazole rings is 2. The lowest BCUT2D eigenvalue weighted by atomic mass is 10.3. The second kappa shape index (κ2) is 8.98. The van der Waals surface area contributed by atoms with Crippen molar-refractivity contribution in [2.45, 2.75) is 40.0 Å². The summed E-state index contributed by atoms with van der Waals surface area (Å²) in [5.74, 6) is 2.27. The molecule has 0 aliphatic carbocycles. The van der Waals surface area contributed by atoms with Gasteiger partial charge in [0, 0.05) is 26.2 Å². The van der Waals surface area contributed by atoms with Gasteiger partial charge in [-0.05, 0) is 52.2 Å². The number of para-hydroxylation sites is 4. The molecule has 4 rings (SSSR count). The second-order valence-corrected chi connectivity index (χ2v) is 8.00. The fourth-order valence-electron chi connectivity index (χ4n) is 4.18. The van der Waals surface area contributed by atoms with Crippen molar-refractivity contribution in [1.29, 1.82) is 0 Å². The third-order valence-electron chi connectivity index (χ3n) is 5.79. The van der Waals surface area contributed by atoms with Crippen molar-refractivity contribution in [3.63, 3.8) is 0 Å². The van der Waals surface area contributed by atoms with Crippen LogP contribution in [0.4, 0.5) is 0 Å². The van der Waals surface area contributed by atoms with Gasteiger partial charge in [0.25, 0.3) is 0 Å². The summed E-state index contributed by atoms with van der Waals surface area (Å²) in [6.07, 6.45) is 0. The summed E-state index contributed by atoms with van der Waals surface area (Å²) in [7, 11) is 4.35. The highest BCUT2D eigenvalue weighted by Crippen LogP contribution is 2.18. The van der Waals surface area contributed by atoms with Crippen molar-refractivity contribution in [3.8, 4) is 0 Å². The fraction of sp³-hybridized carbons (Fsp3) is 0.417. The number of nitrogens with zero attached hydrogens (tertiary/aromatic N) is 6. The van der Waals surface area contributed by atoms with Gasteiger partial charge >= 0.3 is 0 Å². The summed E-state index contributed by atoms with van der Waals surface area (Å²) in [5, 5.41) is 0. The summed E-state index contributed by atoms with van der Waals surface area (Å²) >= 11 is 0. The topological polar surface area (TPSA) is 42.1 Å². The number of rotatable bonds is 9. The van der Waals surface area contributed by atoms with E-state index in [-0.39, 0.29) is 0 Å². The van der Waals surface area contributed by atoms with Crippen molar-refractivity contribution in [2.75, 3.05) is 27.2 Å². The monoisotopic (exact) mass is 404 g/mol. The molecule has 0 saturated heterocycles. The van der Waals surface area contributed by atoms with Gasteiger partial charge in [0.15, 0.2) is 0 Å². The summed E-state index contributed by atoms with van der Waals surface area (Å²) < 4.78 is 4.64. The molecule has 0 radical (unpaired) electrons. The molecule has 2 heterocycles. The van der Waals surface area contributed by atoms with Gasteiger partial charge in [0.1, 0.15) is 11.6 Å². The predicted molar refractivity (Wildman–Crippen MR) is 123 cm³/mol. The molecule has 0 aliphatic rings. The molecule has 0 amide bonds. The normalized spacial score (nSPS) is 12.1. The van der Waals surface area contributed by atoms with Crippen molar-refractivity contribution in [1.82, 2.24) is 28.9 Å². The molecule has 2 aromatic carbocycles. The van der Waals surface area contributed by atoms with E-state index in [9.17, 15) is 0 Å².